The van der Waals surface area contributed by atoms with E-state index in [4.69, 9.17) is 4.52 Å². The molecule has 2 amide bonds. The first kappa shape index (κ1) is 15.7. The van der Waals surface area contributed by atoms with Gasteiger partial charge in [0, 0.05) is 18.7 Å². The Morgan fingerprint density at radius 2 is 1.82 bits per heavy atom. The number of carbonyl (C=O) groups is 2. The van der Waals surface area contributed by atoms with Gasteiger partial charge < -0.3 is 9.84 Å². The van der Waals surface area contributed by atoms with E-state index in [1.807, 2.05) is 31.2 Å². The van der Waals surface area contributed by atoms with Crippen LogP contribution < -0.4 is 16.0 Å². The number of nitrogens with zero attached hydrogens (tertiary/aromatic N) is 1. The number of benzene rings is 1. The summed E-state index contributed by atoms with van der Waals surface area (Å²) in [5.41, 5.74) is 2.71. The highest BCUT2D eigenvalue weighted by molar-refractivity contribution is 5.91. The second kappa shape index (κ2) is 7.37. The van der Waals surface area contributed by atoms with E-state index in [9.17, 15) is 9.59 Å². The zero-order valence-electron chi connectivity index (χ0n) is 12.5. The van der Waals surface area contributed by atoms with Crippen molar-refractivity contribution in [1.82, 2.24) is 15.8 Å². The first-order valence-corrected chi connectivity index (χ1v) is 6.83. The smallest absolute Gasteiger partial charge is 0.240 e. The lowest BCUT2D eigenvalue weighted by Gasteiger charge is -2.03. The molecule has 3 N–H and O–H groups in total. The van der Waals surface area contributed by atoms with E-state index in [1.54, 1.807) is 6.07 Å². The van der Waals surface area contributed by atoms with Crippen LogP contribution in [0.5, 0.6) is 0 Å². The van der Waals surface area contributed by atoms with Crippen LogP contribution in [0, 0.1) is 6.92 Å². The molecule has 22 heavy (non-hydrogen) atoms. The molecule has 0 bridgehead atoms. The van der Waals surface area contributed by atoms with Crippen molar-refractivity contribution in [3.63, 3.8) is 0 Å². The highest BCUT2D eigenvalue weighted by Crippen LogP contribution is 2.21. The van der Waals surface area contributed by atoms with Crippen molar-refractivity contribution in [2.45, 2.75) is 6.92 Å². The first-order valence-electron chi connectivity index (χ1n) is 6.83. The third-order valence-corrected chi connectivity index (χ3v) is 2.97. The van der Waals surface area contributed by atoms with Gasteiger partial charge in [-0.3, -0.25) is 20.2 Å². The fraction of sp³-hybridized carbons (Fsp3) is 0.267. The number of anilines is 1. The zero-order chi connectivity index (χ0) is 15.9. The van der Waals surface area contributed by atoms with E-state index < -0.39 is 0 Å². The van der Waals surface area contributed by atoms with Crippen LogP contribution in [0.15, 0.2) is 34.9 Å². The van der Waals surface area contributed by atoms with Crippen molar-refractivity contribution in [1.29, 1.82) is 0 Å². The molecular formula is C15H18N4O3. The third-order valence-electron chi connectivity index (χ3n) is 2.97. The van der Waals surface area contributed by atoms with Crippen molar-refractivity contribution < 1.29 is 14.1 Å². The van der Waals surface area contributed by atoms with Crippen molar-refractivity contribution in [2.75, 3.05) is 25.5 Å². The van der Waals surface area contributed by atoms with E-state index in [0.29, 0.717) is 5.69 Å². The molecule has 0 aliphatic rings. The molecule has 7 heteroatoms. The maximum atomic E-state index is 11.7. The molecule has 0 fully saturated rings. The quantitative estimate of drug-likeness (QED) is 0.737. The van der Waals surface area contributed by atoms with Crippen molar-refractivity contribution >= 4 is 17.7 Å². The minimum atomic E-state index is -0.310. The molecule has 1 aromatic carbocycles. The molecule has 0 unspecified atom stereocenters. The Hall–Kier alpha value is -2.67. The van der Waals surface area contributed by atoms with Crippen LogP contribution in [0.2, 0.25) is 0 Å². The molecule has 116 valence electrons. The summed E-state index contributed by atoms with van der Waals surface area (Å²) < 4.78 is 5.08. The van der Waals surface area contributed by atoms with Crippen LogP contribution in [0.4, 0.5) is 5.88 Å². The Morgan fingerprint density at radius 1 is 1.14 bits per heavy atom. The summed E-state index contributed by atoms with van der Waals surface area (Å²) in [7, 11) is 1.53. The van der Waals surface area contributed by atoms with Gasteiger partial charge in [-0.25, -0.2) is 0 Å². The van der Waals surface area contributed by atoms with Gasteiger partial charge in [-0.1, -0.05) is 35.0 Å². The molecule has 0 aliphatic carbocycles. The van der Waals surface area contributed by atoms with Gasteiger partial charge in [0.1, 0.15) is 5.69 Å². The standard InChI is InChI=1S/C15H18N4O3/c1-10-3-5-11(6-4-10)12-7-15(22-19-12)18-14(21)9-17-8-13(20)16-2/h3-7,17H,8-9H2,1-2H3,(H,16,20)(H,18,21). The van der Waals surface area contributed by atoms with Gasteiger partial charge in [-0.2, -0.15) is 0 Å². The van der Waals surface area contributed by atoms with Gasteiger partial charge in [0.05, 0.1) is 13.1 Å². The molecular weight excluding hydrogens is 284 g/mol. The molecule has 2 rings (SSSR count). The molecule has 0 saturated heterocycles. The monoisotopic (exact) mass is 302 g/mol. The number of aromatic nitrogens is 1. The Balaban J connectivity index is 1.87. The van der Waals surface area contributed by atoms with Crippen molar-refractivity contribution in [2.24, 2.45) is 0 Å². The van der Waals surface area contributed by atoms with Crippen molar-refractivity contribution in [3.05, 3.63) is 35.9 Å². The topological polar surface area (TPSA) is 96.3 Å². The summed E-state index contributed by atoms with van der Waals surface area (Å²) in [5, 5.41) is 11.7. The summed E-state index contributed by atoms with van der Waals surface area (Å²) in [6.45, 7) is 2.09. The Kier molecular flexibility index (Phi) is 5.26. The number of likely N-dealkylation sites (N-methyl/N-ethyl adjacent to an activating group) is 1. The van der Waals surface area contributed by atoms with Gasteiger partial charge in [-0.05, 0) is 6.92 Å². The van der Waals surface area contributed by atoms with Crippen LogP contribution >= 0.6 is 0 Å². The van der Waals surface area contributed by atoms with E-state index in [2.05, 4.69) is 21.1 Å². The third kappa shape index (κ3) is 4.42. The highest BCUT2D eigenvalue weighted by atomic mass is 16.5. The zero-order valence-corrected chi connectivity index (χ0v) is 12.5. The molecule has 0 spiro atoms. The summed E-state index contributed by atoms with van der Waals surface area (Å²) in [5.74, 6) is -0.230. The lowest BCUT2D eigenvalue weighted by atomic mass is 10.1. The van der Waals surface area contributed by atoms with Gasteiger partial charge in [0.25, 0.3) is 0 Å². The Bertz CT molecular complexity index is 649. The Morgan fingerprint density at radius 3 is 2.50 bits per heavy atom. The number of nitrogens with one attached hydrogen (secondary N) is 3. The fourth-order valence-electron chi connectivity index (χ4n) is 1.75. The van der Waals surface area contributed by atoms with Gasteiger partial charge in [-0.15, -0.1) is 0 Å². The SMILES string of the molecule is CNC(=O)CNCC(=O)Nc1cc(-c2ccc(C)cc2)no1. The number of hydrogen-bond acceptors (Lipinski definition) is 5. The van der Waals surface area contributed by atoms with E-state index in [0.717, 1.165) is 11.1 Å². The van der Waals surface area contributed by atoms with E-state index >= 15 is 0 Å². The molecule has 0 saturated carbocycles. The number of aryl methyl sites for hydroxylation is 1. The minimum absolute atomic E-state index is 0.00792. The lowest BCUT2D eigenvalue weighted by Crippen LogP contribution is -2.36. The van der Waals surface area contributed by atoms with E-state index in [1.165, 1.54) is 7.05 Å². The predicted octanol–water partition coefficient (Wildman–Crippen LogP) is 0.924. The van der Waals surface area contributed by atoms with Crippen LogP contribution in [0.25, 0.3) is 11.3 Å². The Labute approximate surface area is 128 Å². The first-order chi connectivity index (χ1) is 10.6. The fourth-order valence-corrected chi connectivity index (χ4v) is 1.75. The minimum Gasteiger partial charge on any atom is -0.358 e. The molecule has 0 aliphatic heterocycles. The maximum Gasteiger partial charge on any atom is 0.240 e. The molecule has 0 radical (unpaired) electrons. The summed E-state index contributed by atoms with van der Waals surface area (Å²) in [4.78, 5) is 22.7. The van der Waals surface area contributed by atoms with Gasteiger partial charge in [0.15, 0.2) is 0 Å². The summed E-state index contributed by atoms with van der Waals surface area (Å²) in [6.07, 6.45) is 0. The largest absolute Gasteiger partial charge is 0.358 e. The average molecular weight is 302 g/mol. The lowest BCUT2D eigenvalue weighted by molar-refractivity contribution is -0.120. The normalized spacial score (nSPS) is 10.3. The number of carbonyl (C=O) groups excluding carboxylic acids is 2. The molecule has 7 nitrogen and oxygen atoms in total. The molecule has 1 heterocycles. The van der Waals surface area contributed by atoms with Crippen LogP contribution in [-0.2, 0) is 9.59 Å². The van der Waals surface area contributed by atoms with Crippen LogP contribution in [0.1, 0.15) is 5.56 Å². The molecule has 1 aromatic heterocycles. The highest BCUT2D eigenvalue weighted by Gasteiger charge is 2.09. The van der Waals surface area contributed by atoms with Crippen molar-refractivity contribution in [3.8, 4) is 11.3 Å². The predicted molar refractivity (Wildman–Crippen MR) is 82.2 cm³/mol. The number of amides is 2. The second-order valence-corrected chi connectivity index (χ2v) is 4.77. The molecule has 0 atom stereocenters. The second-order valence-electron chi connectivity index (χ2n) is 4.77. The van der Waals surface area contributed by atoms with Crippen LogP contribution in [0.3, 0.4) is 0 Å². The van der Waals surface area contributed by atoms with E-state index in [-0.39, 0.29) is 30.8 Å². The summed E-state index contributed by atoms with van der Waals surface area (Å²) in [6, 6.07) is 9.48. The average Bonchev–Trinajstić information content (AvgIpc) is 2.96. The maximum absolute atomic E-state index is 11.7. The van der Waals surface area contributed by atoms with Gasteiger partial charge >= 0.3 is 0 Å². The number of hydrogen-bond donors (Lipinski definition) is 3. The van der Waals surface area contributed by atoms with Crippen LogP contribution in [-0.4, -0.2) is 37.1 Å². The molecule has 2 aromatic rings. The van der Waals surface area contributed by atoms with Gasteiger partial charge in [0.2, 0.25) is 17.7 Å². The summed E-state index contributed by atoms with van der Waals surface area (Å²) >= 11 is 0. The number of rotatable bonds is 6.